The van der Waals surface area contributed by atoms with Crippen molar-refractivity contribution in [1.82, 2.24) is 5.43 Å². The lowest BCUT2D eigenvalue weighted by molar-refractivity contribution is -0.394. The van der Waals surface area contributed by atoms with Crippen LogP contribution in [0.2, 0.25) is 5.02 Å². The van der Waals surface area contributed by atoms with E-state index in [9.17, 15) is 29.8 Å². The molecule has 0 aliphatic heterocycles. The normalized spacial score (nSPS) is 10.6. The van der Waals surface area contributed by atoms with E-state index in [1.165, 1.54) is 24.4 Å². The first kappa shape index (κ1) is 23.0. The summed E-state index contributed by atoms with van der Waals surface area (Å²) < 4.78 is 5.29. The molecule has 0 atom stereocenters. The highest BCUT2D eigenvalue weighted by Gasteiger charge is 2.19. The molecule has 0 fully saturated rings. The standard InChI is InChI=1S/C21H13ClN4O7/c22-19-7-2-1-6-18(19)21(28)33-17-5-3-4-13(8-17)12-23-24-20(27)14-9-15(25(29)30)11-16(10-14)26(31)32/h1-12H,(H,24,27)/b23-12+. The van der Waals surface area contributed by atoms with Gasteiger partial charge in [0, 0.05) is 12.1 Å². The molecular weight excluding hydrogens is 456 g/mol. The average Bonchev–Trinajstić information content (AvgIpc) is 2.79. The van der Waals surface area contributed by atoms with Crippen LogP contribution < -0.4 is 10.2 Å². The summed E-state index contributed by atoms with van der Waals surface area (Å²) in [7, 11) is 0. The Kier molecular flexibility index (Phi) is 7.06. The molecule has 1 amide bonds. The van der Waals surface area contributed by atoms with Crippen molar-refractivity contribution < 1.29 is 24.2 Å². The van der Waals surface area contributed by atoms with Gasteiger partial charge in [0.2, 0.25) is 0 Å². The van der Waals surface area contributed by atoms with Gasteiger partial charge in [-0.15, -0.1) is 0 Å². The van der Waals surface area contributed by atoms with Crippen molar-refractivity contribution in [2.24, 2.45) is 5.10 Å². The highest BCUT2D eigenvalue weighted by molar-refractivity contribution is 6.33. The number of hydrogen-bond acceptors (Lipinski definition) is 8. The summed E-state index contributed by atoms with van der Waals surface area (Å²) in [4.78, 5) is 44.7. The zero-order valence-corrected chi connectivity index (χ0v) is 17.3. The Bertz CT molecular complexity index is 1260. The molecule has 0 saturated carbocycles. The van der Waals surface area contributed by atoms with Crippen LogP contribution in [-0.4, -0.2) is 27.9 Å². The van der Waals surface area contributed by atoms with Gasteiger partial charge in [0.25, 0.3) is 17.3 Å². The number of nitrogens with one attached hydrogen (secondary N) is 1. The van der Waals surface area contributed by atoms with Crippen LogP contribution in [0.4, 0.5) is 11.4 Å². The molecule has 3 aromatic rings. The number of nitro groups is 2. The van der Waals surface area contributed by atoms with E-state index >= 15 is 0 Å². The summed E-state index contributed by atoms with van der Waals surface area (Å²) in [6.45, 7) is 0. The number of ether oxygens (including phenoxy) is 1. The number of non-ortho nitro benzene ring substituents is 2. The lowest BCUT2D eigenvalue weighted by Crippen LogP contribution is -2.18. The summed E-state index contributed by atoms with van der Waals surface area (Å²) in [6.07, 6.45) is 1.23. The molecule has 11 nitrogen and oxygen atoms in total. The fourth-order valence-electron chi connectivity index (χ4n) is 2.61. The zero-order chi connectivity index (χ0) is 24.0. The second-order valence-electron chi connectivity index (χ2n) is 6.39. The summed E-state index contributed by atoms with van der Waals surface area (Å²) in [6, 6.07) is 15.1. The van der Waals surface area contributed by atoms with Crippen molar-refractivity contribution in [2.45, 2.75) is 0 Å². The van der Waals surface area contributed by atoms with E-state index in [1.807, 2.05) is 0 Å². The third-order valence-corrected chi connectivity index (χ3v) is 4.46. The maximum atomic E-state index is 12.3. The van der Waals surface area contributed by atoms with Crippen LogP contribution in [0.3, 0.4) is 0 Å². The molecule has 0 spiro atoms. The maximum Gasteiger partial charge on any atom is 0.345 e. The average molecular weight is 469 g/mol. The molecule has 0 aliphatic rings. The topological polar surface area (TPSA) is 154 Å². The van der Waals surface area contributed by atoms with Crippen molar-refractivity contribution in [3.8, 4) is 5.75 Å². The SMILES string of the molecule is O=C(N/N=C/c1cccc(OC(=O)c2ccccc2Cl)c1)c1cc([N+](=O)[O-])cc([N+](=O)[O-])c1. The molecule has 166 valence electrons. The van der Waals surface area contributed by atoms with Crippen molar-refractivity contribution >= 4 is 41.1 Å². The summed E-state index contributed by atoms with van der Waals surface area (Å²) in [5.74, 6) is -1.35. The predicted octanol–water partition coefficient (Wildman–Crippen LogP) is 4.14. The van der Waals surface area contributed by atoms with Crippen molar-refractivity contribution in [3.63, 3.8) is 0 Å². The summed E-state index contributed by atoms with van der Waals surface area (Å²) in [5.41, 5.74) is 1.25. The van der Waals surface area contributed by atoms with Crippen molar-refractivity contribution in [3.05, 3.63) is 109 Å². The number of nitrogens with zero attached hydrogens (tertiary/aromatic N) is 3. The van der Waals surface area contributed by atoms with E-state index in [0.717, 1.165) is 18.2 Å². The number of esters is 1. The van der Waals surface area contributed by atoms with Gasteiger partial charge in [-0.05, 0) is 29.8 Å². The van der Waals surface area contributed by atoms with E-state index in [0.29, 0.717) is 5.56 Å². The Labute approximate surface area is 190 Å². The minimum atomic E-state index is -0.889. The third kappa shape index (κ3) is 5.95. The second kappa shape index (κ2) is 10.1. The van der Waals surface area contributed by atoms with Gasteiger partial charge in [-0.25, -0.2) is 10.2 Å². The van der Waals surface area contributed by atoms with Gasteiger partial charge in [-0.3, -0.25) is 25.0 Å². The molecular formula is C21H13ClN4O7. The lowest BCUT2D eigenvalue weighted by atomic mass is 10.1. The van der Waals surface area contributed by atoms with E-state index in [4.69, 9.17) is 16.3 Å². The first-order valence-corrected chi connectivity index (χ1v) is 9.46. The van der Waals surface area contributed by atoms with E-state index < -0.39 is 33.1 Å². The quantitative estimate of drug-likeness (QED) is 0.179. The number of carbonyl (C=O) groups excluding carboxylic acids is 2. The monoisotopic (exact) mass is 468 g/mol. The van der Waals surface area contributed by atoms with Crippen LogP contribution in [-0.2, 0) is 0 Å². The zero-order valence-electron chi connectivity index (χ0n) is 16.5. The number of halogens is 1. The van der Waals surface area contributed by atoms with Gasteiger partial charge in [-0.2, -0.15) is 5.10 Å². The molecule has 0 aromatic heterocycles. The molecule has 3 rings (SSSR count). The summed E-state index contributed by atoms with van der Waals surface area (Å²) in [5, 5.41) is 25.9. The highest BCUT2D eigenvalue weighted by atomic mass is 35.5. The summed E-state index contributed by atoms with van der Waals surface area (Å²) >= 11 is 5.98. The molecule has 12 heteroatoms. The van der Waals surface area contributed by atoms with Gasteiger partial charge >= 0.3 is 5.97 Å². The molecule has 33 heavy (non-hydrogen) atoms. The minimum absolute atomic E-state index is 0.191. The molecule has 1 N–H and O–H groups in total. The number of hydrogen-bond donors (Lipinski definition) is 1. The van der Waals surface area contributed by atoms with E-state index in [2.05, 4.69) is 10.5 Å². The highest BCUT2D eigenvalue weighted by Crippen LogP contribution is 2.23. The molecule has 0 unspecified atom stereocenters. The lowest BCUT2D eigenvalue weighted by Gasteiger charge is -2.06. The Morgan fingerprint density at radius 1 is 0.939 bits per heavy atom. The van der Waals surface area contributed by atoms with Crippen LogP contribution >= 0.6 is 11.6 Å². The van der Waals surface area contributed by atoms with Crippen LogP contribution in [0.5, 0.6) is 5.75 Å². The Morgan fingerprint density at radius 3 is 2.24 bits per heavy atom. The fraction of sp³-hybridized carbons (Fsp3) is 0. The molecule has 0 bridgehead atoms. The Balaban J connectivity index is 1.70. The van der Waals surface area contributed by atoms with Gasteiger partial charge in [0.1, 0.15) is 5.75 Å². The number of hydrazone groups is 1. The molecule has 0 saturated heterocycles. The minimum Gasteiger partial charge on any atom is -0.423 e. The van der Waals surface area contributed by atoms with Gasteiger partial charge in [0.05, 0.1) is 38.3 Å². The second-order valence-corrected chi connectivity index (χ2v) is 6.80. The number of amides is 1. The van der Waals surface area contributed by atoms with Crippen LogP contribution in [0.1, 0.15) is 26.3 Å². The van der Waals surface area contributed by atoms with E-state index in [1.54, 1.807) is 30.3 Å². The number of carbonyl (C=O) groups is 2. The number of benzene rings is 3. The van der Waals surface area contributed by atoms with Gasteiger partial charge in [0.15, 0.2) is 0 Å². The Hall–Kier alpha value is -4.64. The van der Waals surface area contributed by atoms with E-state index in [-0.39, 0.29) is 21.9 Å². The maximum absolute atomic E-state index is 12.3. The van der Waals surface area contributed by atoms with Crippen molar-refractivity contribution in [1.29, 1.82) is 0 Å². The Morgan fingerprint density at radius 2 is 1.61 bits per heavy atom. The smallest absolute Gasteiger partial charge is 0.345 e. The largest absolute Gasteiger partial charge is 0.423 e. The van der Waals surface area contributed by atoms with Crippen LogP contribution in [0, 0.1) is 20.2 Å². The first-order chi connectivity index (χ1) is 15.7. The fourth-order valence-corrected chi connectivity index (χ4v) is 2.83. The van der Waals surface area contributed by atoms with Crippen LogP contribution in [0.15, 0.2) is 71.8 Å². The van der Waals surface area contributed by atoms with Crippen LogP contribution in [0.25, 0.3) is 0 Å². The molecule has 0 radical (unpaired) electrons. The predicted molar refractivity (Wildman–Crippen MR) is 118 cm³/mol. The molecule has 0 aliphatic carbocycles. The first-order valence-electron chi connectivity index (χ1n) is 9.08. The number of nitro benzene ring substituents is 2. The number of rotatable bonds is 7. The third-order valence-electron chi connectivity index (χ3n) is 4.13. The van der Waals surface area contributed by atoms with Gasteiger partial charge < -0.3 is 4.74 Å². The van der Waals surface area contributed by atoms with Gasteiger partial charge in [-0.1, -0.05) is 35.9 Å². The molecule has 0 heterocycles. The van der Waals surface area contributed by atoms with Crippen molar-refractivity contribution in [2.75, 3.05) is 0 Å². The molecule has 3 aromatic carbocycles.